The highest BCUT2D eigenvalue weighted by atomic mass is 19.1. The van der Waals surface area contributed by atoms with Gasteiger partial charge in [-0.2, -0.15) is 0 Å². The fourth-order valence-electron chi connectivity index (χ4n) is 1.69. The third-order valence-electron chi connectivity index (χ3n) is 2.64. The van der Waals surface area contributed by atoms with Gasteiger partial charge in [0.2, 0.25) is 0 Å². The molecule has 1 heterocycles. The lowest BCUT2D eigenvalue weighted by Crippen LogP contribution is -2.43. The van der Waals surface area contributed by atoms with Gasteiger partial charge in [0.15, 0.2) is 0 Å². The Balaban J connectivity index is 2.09. The Morgan fingerprint density at radius 1 is 1.06 bits per heavy atom. The lowest BCUT2D eigenvalue weighted by atomic mass is 9.78. The predicted octanol–water partition coefficient (Wildman–Crippen LogP) is 0.639. The van der Waals surface area contributed by atoms with E-state index in [0.29, 0.717) is 18.7 Å². The van der Waals surface area contributed by atoms with Crippen LogP contribution in [0.15, 0.2) is 18.2 Å². The van der Waals surface area contributed by atoms with Gasteiger partial charge in [-0.25, -0.2) is 8.78 Å². The second-order valence-electron chi connectivity index (χ2n) is 4.08. The van der Waals surface area contributed by atoms with E-state index >= 15 is 0 Å². The van der Waals surface area contributed by atoms with Crippen LogP contribution in [-0.2, 0) is 9.31 Å². The van der Waals surface area contributed by atoms with Gasteiger partial charge in [-0.3, -0.25) is 0 Å². The Morgan fingerprint density at radius 3 is 2.12 bits per heavy atom. The molecule has 0 aromatic heterocycles. The second-order valence-corrected chi connectivity index (χ2v) is 4.08. The summed E-state index contributed by atoms with van der Waals surface area (Å²) in [7, 11) is 1.28. The molecule has 0 N–H and O–H groups in total. The van der Waals surface area contributed by atoms with Crippen molar-refractivity contribution in [3.8, 4) is 0 Å². The number of benzene rings is 1. The van der Waals surface area contributed by atoms with E-state index < -0.39 is 18.8 Å². The van der Waals surface area contributed by atoms with Crippen molar-refractivity contribution in [3.05, 3.63) is 29.8 Å². The Kier molecular flexibility index (Phi) is 4.09. The van der Waals surface area contributed by atoms with Crippen LogP contribution in [0.1, 0.15) is 0 Å². The maximum atomic E-state index is 13.1. The van der Waals surface area contributed by atoms with Crippen molar-refractivity contribution in [2.24, 2.45) is 0 Å². The van der Waals surface area contributed by atoms with Gasteiger partial charge >= 0.3 is 7.12 Å². The summed E-state index contributed by atoms with van der Waals surface area (Å²) in [6, 6.07) is 3.30. The third-order valence-corrected chi connectivity index (χ3v) is 2.64. The standard InChI is InChI=1S/C11H14BF2NO2/c1-15-2-4-16-12(17-5-3-15)9-6-10(13)8-11(14)7-9/h6-8H,2-5H2,1H3. The van der Waals surface area contributed by atoms with Gasteiger partial charge in [0.1, 0.15) is 11.6 Å². The van der Waals surface area contributed by atoms with Gasteiger partial charge < -0.3 is 14.2 Å². The van der Waals surface area contributed by atoms with Crippen LogP contribution in [0.4, 0.5) is 8.78 Å². The number of rotatable bonds is 1. The minimum atomic E-state index is -0.686. The monoisotopic (exact) mass is 241 g/mol. The summed E-state index contributed by atoms with van der Waals surface area (Å²) in [4.78, 5) is 2.07. The van der Waals surface area contributed by atoms with E-state index in [1.165, 1.54) is 12.1 Å². The lowest BCUT2D eigenvalue weighted by Gasteiger charge is -2.24. The van der Waals surface area contributed by atoms with Crippen LogP contribution in [0.2, 0.25) is 0 Å². The van der Waals surface area contributed by atoms with Gasteiger partial charge in [0.05, 0.1) is 0 Å². The molecule has 17 heavy (non-hydrogen) atoms. The molecule has 0 radical (unpaired) electrons. The molecule has 6 heteroatoms. The van der Waals surface area contributed by atoms with Crippen LogP contribution < -0.4 is 5.46 Å². The SMILES string of the molecule is CN1CCOB(c2cc(F)cc(F)c2)OCC1. The van der Waals surface area contributed by atoms with E-state index in [4.69, 9.17) is 9.31 Å². The van der Waals surface area contributed by atoms with Gasteiger partial charge in [-0.05, 0) is 24.6 Å². The minimum Gasteiger partial charge on any atom is -0.406 e. The second kappa shape index (κ2) is 5.57. The van der Waals surface area contributed by atoms with Crippen molar-refractivity contribution in [2.45, 2.75) is 0 Å². The number of hydrogen-bond acceptors (Lipinski definition) is 3. The summed E-state index contributed by atoms with van der Waals surface area (Å²) in [5, 5.41) is 0. The quantitative estimate of drug-likeness (QED) is 0.673. The van der Waals surface area contributed by atoms with Gasteiger partial charge in [-0.15, -0.1) is 0 Å². The molecule has 0 spiro atoms. The summed E-state index contributed by atoms with van der Waals surface area (Å²) in [5.41, 5.74) is 0.382. The molecule has 1 aromatic rings. The molecule has 2 rings (SSSR count). The molecule has 1 fully saturated rings. The first-order valence-corrected chi connectivity index (χ1v) is 5.53. The Bertz CT molecular complexity index is 361. The van der Waals surface area contributed by atoms with Crippen LogP contribution in [0, 0.1) is 11.6 Å². The Labute approximate surface area is 99.5 Å². The van der Waals surface area contributed by atoms with Crippen molar-refractivity contribution in [3.63, 3.8) is 0 Å². The van der Waals surface area contributed by atoms with Gasteiger partial charge in [-0.1, -0.05) is 0 Å². The highest BCUT2D eigenvalue weighted by Crippen LogP contribution is 2.04. The largest absolute Gasteiger partial charge is 0.494 e. The molecule has 3 nitrogen and oxygen atoms in total. The smallest absolute Gasteiger partial charge is 0.406 e. The van der Waals surface area contributed by atoms with Crippen molar-refractivity contribution < 1.29 is 18.1 Å². The molecule has 92 valence electrons. The molecule has 0 saturated carbocycles. The zero-order valence-corrected chi connectivity index (χ0v) is 9.66. The Hall–Kier alpha value is -0.975. The number of nitrogens with zero attached hydrogens (tertiary/aromatic N) is 1. The predicted molar refractivity (Wildman–Crippen MR) is 61.1 cm³/mol. The van der Waals surface area contributed by atoms with E-state index in [1.54, 1.807) is 0 Å². The molecule has 1 aromatic carbocycles. The highest BCUT2D eigenvalue weighted by molar-refractivity contribution is 6.61. The van der Waals surface area contributed by atoms with E-state index in [9.17, 15) is 8.78 Å². The molecular weight excluding hydrogens is 227 g/mol. The van der Waals surface area contributed by atoms with E-state index in [2.05, 4.69) is 4.90 Å². The zero-order valence-electron chi connectivity index (χ0n) is 9.66. The van der Waals surface area contributed by atoms with E-state index in [-0.39, 0.29) is 0 Å². The summed E-state index contributed by atoms with van der Waals surface area (Å²) >= 11 is 0. The summed E-state index contributed by atoms with van der Waals surface area (Å²) in [6.07, 6.45) is 0. The first-order chi connectivity index (χ1) is 8.15. The first kappa shape index (κ1) is 12.5. The van der Waals surface area contributed by atoms with E-state index in [0.717, 1.165) is 19.2 Å². The van der Waals surface area contributed by atoms with Gasteiger partial charge in [0, 0.05) is 32.4 Å². The highest BCUT2D eigenvalue weighted by Gasteiger charge is 2.24. The van der Waals surface area contributed by atoms with Crippen molar-refractivity contribution in [1.82, 2.24) is 4.90 Å². The van der Waals surface area contributed by atoms with Crippen LogP contribution >= 0.6 is 0 Å². The minimum absolute atomic E-state index is 0.382. The van der Waals surface area contributed by atoms with Gasteiger partial charge in [0.25, 0.3) is 0 Å². The Morgan fingerprint density at radius 2 is 1.59 bits per heavy atom. The average Bonchev–Trinajstić information content (AvgIpc) is 2.21. The molecule has 0 amide bonds. The summed E-state index contributed by atoms with van der Waals surface area (Å²) < 4.78 is 37.0. The molecular formula is C11H14BF2NO2. The van der Waals surface area contributed by atoms with Crippen molar-refractivity contribution >= 4 is 12.6 Å². The zero-order chi connectivity index (χ0) is 12.3. The third kappa shape index (κ3) is 3.49. The molecule has 0 unspecified atom stereocenters. The van der Waals surface area contributed by atoms with Crippen LogP contribution in [0.5, 0.6) is 0 Å². The van der Waals surface area contributed by atoms with Crippen LogP contribution in [0.3, 0.4) is 0 Å². The molecule has 0 bridgehead atoms. The normalized spacial score (nSPS) is 18.9. The summed E-state index contributed by atoms with van der Waals surface area (Å²) in [6.45, 7) is 2.49. The maximum Gasteiger partial charge on any atom is 0.494 e. The van der Waals surface area contributed by atoms with Crippen LogP contribution in [-0.4, -0.2) is 45.4 Å². The van der Waals surface area contributed by atoms with Crippen molar-refractivity contribution in [1.29, 1.82) is 0 Å². The molecule has 0 atom stereocenters. The topological polar surface area (TPSA) is 21.7 Å². The lowest BCUT2D eigenvalue weighted by molar-refractivity contribution is 0.132. The fraction of sp³-hybridized carbons (Fsp3) is 0.455. The first-order valence-electron chi connectivity index (χ1n) is 5.53. The van der Waals surface area contributed by atoms with Crippen LogP contribution in [0.25, 0.3) is 0 Å². The summed E-state index contributed by atoms with van der Waals surface area (Å²) in [5.74, 6) is -1.24. The fourth-order valence-corrected chi connectivity index (χ4v) is 1.69. The van der Waals surface area contributed by atoms with E-state index in [1.807, 2.05) is 7.05 Å². The number of hydrogen-bond donors (Lipinski definition) is 0. The molecule has 1 aliphatic rings. The molecule has 0 aliphatic carbocycles. The number of likely N-dealkylation sites (N-methyl/N-ethyl adjacent to an activating group) is 1. The number of halogens is 2. The maximum absolute atomic E-state index is 13.1. The van der Waals surface area contributed by atoms with Crippen molar-refractivity contribution in [2.75, 3.05) is 33.4 Å². The molecule has 1 aliphatic heterocycles. The average molecular weight is 241 g/mol. The molecule has 1 saturated heterocycles.